The van der Waals surface area contributed by atoms with Crippen molar-refractivity contribution < 1.29 is 31.8 Å². The molecule has 134 valence electrons. The fourth-order valence-electron chi connectivity index (χ4n) is 2.66. The SMILES string of the molecule is COc1ncc(C)cc1S(=O)(=O)N1CCC(C(=O)O)(C(F)F)CC1. The number of hydrogen-bond acceptors (Lipinski definition) is 5. The van der Waals surface area contributed by atoms with Crippen molar-refractivity contribution in [3.8, 4) is 5.88 Å². The first-order chi connectivity index (χ1) is 11.1. The number of rotatable bonds is 5. The molecule has 0 amide bonds. The molecule has 1 aliphatic heterocycles. The van der Waals surface area contributed by atoms with Crippen molar-refractivity contribution in [2.45, 2.75) is 31.1 Å². The molecule has 10 heteroatoms. The molecule has 1 aliphatic rings. The van der Waals surface area contributed by atoms with Crippen LogP contribution >= 0.6 is 0 Å². The lowest BCUT2D eigenvalue weighted by Crippen LogP contribution is -2.49. The van der Waals surface area contributed by atoms with Crippen molar-refractivity contribution in [3.05, 3.63) is 17.8 Å². The first-order valence-corrected chi connectivity index (χ1v) is 8.61. The summed E-state index contributed by atoms with van der Waals surface area (Å²) in [4.78, 5) is 14.9. The average molecular weight is 364 g/mol. The van der Waals surface area contributed by atoms with Crippen LogP contribution in [0.5, 0.6) is 5.88 Å². The molecule has 7 nitrogen and oxygen atoms in total. The van der Waals surface area contributed by atoms with Crippen molar-refractivity contribution in [2.24, 2.45) is 5.41 Å². The third-order valence-corrected chi connectivity index (χ3v) is 6.12. The van der Waals surface area contributed by atoms with Gasteiger partial charge in [-0.05, 0) is 31.4 Å². The van der Waals surface area contributed by atoms with E-state index < -0.39 is 40.7 Å². The van der Waals surface area contributed by atoms with Crippen LogP contribution in [0, 0.1) is 12.3 Å². The zero-order valence-corrected chi connectivity index (χ0v) is 14.0. The molecule has 0 bridgehead atoms. The quantitative estimate of drug-likeness (QED) is 0.851. The number of alkyl halides is 2. The Morgan fingerprint density at radius 1 is 1.42 bits per heavy atom. The standard InChI is InChI=1S/C14H18F2N2O5S/c1-9-7-10(11(23-2)17-8-9)24(21,22)18-5-3-14(4-6-18,12(15)16)13(19)20/h7-8,12H,3-6H2,1-2H3,(H,19,20). The molecule has 2 heterocycles. The second kappa shape index (κ2) is 6.60. The maximum atomic E-state index is 13.2. The largest absolute Gasteiger partial charge is 0.481 e. The molecule has 0 atom stereocenters. The molecule has 24 heavy (non-hydrogen) atoms. The third kappa shape index (κ3) is 3.07. The monoisotopic (exact) mass is 364 g/mol. The van der Waals surface area contributed by atoms with Crippen LogP contribution in [0.2, 0.25) is 0 Å². The number of aliphatic carboxylic acids is 1. The number of carboxylic acids is 1. The number of hydrogen-bond donors (Lipinski definition) is 1. The first kappa shape index (κ1) is 18.5. The second-order valence-electron chi connectivity index (χ2n) is 5.69. The van der Waals surface area contributed by atoms with Crippen LogP contribution in [0.4, 0.5) is 8.78 Å². The Balaban J connectivity index is 2.31. The van der Waals surface area contributed by atoms with E-state index in [1.807, 2.05) is 0 Å². The Labute approximate surface area is 138 Å². The van der Waals surface area contributed by atoms with Crippen molar-refractivity contribution >= 4 is 16.0 Å². The molecule has 0 saturated carbocycles. The first-order valence-electron chi connectivity index (χ1n) is 7.17. The fraction of sp³-hybridized carbons (Fsp3) is 0.571. The van der Waals surface area contributed by atoms with E-state index in [2.05, 4.69) is 4.98 Å². The highest BCUT2D eigenvalue weighted by Crippen LogP contribution is 2.40. The normalized spacial score (nSPS) is 18.5. The summed E-state index contributed by atoms with van der Waals surface area (Å²) in [5.41, 5.74) is -1.61. The average Bonchev–Trinajstić information content (AvgIpc) is 2.54. The highest BCUT2D eigenvalue weighted by molar-refractivity contribution is 7.89. The minimum Gasteiger partial charge on any atom is -0.481 e. The van der Waals surface area contributed by atoms with Crippen molar-refractivity contribution in [2.75, 3.05) is 20.2 Å². The van der Waals surface area contributed by atoms with E-state index in [4.69, 9.17) is 9.84 Å². The Hall–Kier alpha value is -1.81. The molecule has 1 saturated heterocycles. The lowest BCUT2D eigenvalue weighted by atomic mass is 9.79. The van der Waals surface area contributed by atoms with Crippen molar-refractivity contribution in [1.29, 1.82) is 0 Å². The molecular weight excluding hydrogens is 346 g/mol. The predicted octanol–water partition coefficient (Wildman–Crippen LogP) is 1.52. The van der Waals surface area contributed by atoms with E-state index in [0.29, 0.717) is 5.56 Å². The summed E-state index contributed by atoms with van der Waals surface area (Å²) in [7, 11) is -2.74. The molecule has 0 radical (unpaired) electrons. The number of nitrogens with zero attached hydrogens (tertiary/aromatic N) is 2. The number of carbonyl (C=O) groups is 1. The van der Waals surface area contributed by atoms with E-state index in [0.717, 1.165) is 4.31 Å². The highest BCUT2D eigenvalue weighted by Gasteiger charge is 2.51. The van der Waals surface area contributed by atoms with Crippen LogP contribution in [0.15, 0.2) is 17.2 Å². The van der Waals surface area contributed by atoms with Gasteiger partial charge in [0, 0.05) is 19.3 Å². The molecule has 0 unspecified atom stereocenters. The second-order valence-corrected chi connectivity index (χ2v) is 7.59. The third-order valence-electron chi connectivity index (χ3n) is 4.22. The van der Waals surface area contributed by atoms with Gasteiger partial charge in [-0.2, -0.15) is 4.31 Å². The van der Waals surface area contributed by atoms with Gasteiger partial charge in [0.25, 0.3) is 6.43 Å². The zero-order valence-electron chi connectivity index (χ0n) is 13.2. The molecule has 1 fully saturated rings. The zero-order chi connectivity index (χ0) is 18.1. The maximum absolute atomic E-state index is 13.2. The molecule has 1 aromatic rings. The summed E-state index contributed by atoms with van der Waals surface area (Å²) >= 11 is 0. The summed E-state index contributed by atoms with van der Waals surface area (Å²) in [6, 6.07) is 1.38. The van der Waals surface area contributed by atoms with Gasteiger partial charge < -0.3 is 9.84 Å². The van der Waals surface area contributed by atoms with Crippen LogP contribution in [0.3, 0.4) is 0 Å². The summed E-state index contributed by atoms with van der Waals surface area (Å²) in [5.74, 6) is -1.70. The van der Waals surface area contributed by atoms with E-state index in [1.165, 1.54) is 19.4 Å². The number of ether oxygens (including phenoxy) is 1. The number of piperidine rings is 1. The van der Waals surface area contributed by atoms with Crippen molar-refractivity contribution in [1.82, 2.24) is 9.29 Å². The van der Waals surface area contributed by atoms with Crippen molar-refractivity contribution in [3.63, 3.8) is 0 Å². The molecule has 1 N–H and O–H groups in total. The number of pyridine rings is 1. The summed E-state index contributed by atoms with van der Waals surface area (Å²) < 4.78 is 57.8. The molecular formula is C14H18F2N2O5S. The number of methoxy groups -OCH3 is 1. The Morgan fingerprint density at radius 2 is 2.00 bits per heavy atom. The van der Waals surface area contributed by atoms with Gasteiger partial charge in [0.05, 0.1) is 7.11 Å². The highest BCUT2D eigenvalue weighted by atomic mass is 32.2. The molecule has 0 spiro atoms. The summed E-state index contributed by atoms with van der Waals surface area (Å²) in [6.45, 7) is 1.04. The predicted molar refractivity (Wildman–Crippen MR) is 79.6 cm³/mol. The van der Waals surface area contributed by atoms with E-state index in [1.54, 1.807) is 6.92 Å². The van der Waals surface area contributed by atoms with E-state index in [-0.39, 0.29) is 23.9 Å². The number of sulfonamides is 1. The molecule has 0 aromatic carbocycles. The maximum Gasteiger partial charge on any atom is 0.315 e. The topological polar surface area (TPSA) is 96.8 Å². The van der Waals surface area contributed by atoms with Crippen LogP contribution in [-0.2, 0) is 14.8 Å². The fourth-order valence-corrected chi connectivity index (χ4v) is 4.29. The summed E-state index contributed by atoms with van der Waals surface area (Å²) in [6.07, 6.45) is -2.53. The van der Waals surface area contributed by atoms with Gasteiger partial charge in [0.15, 0.2) is 0 Å². The number of carboxylic acid groups (broad SMARTS) is 1. The van der Waals surface area contributed by atoms with Crippen LogP contribution in [-0.4, -0.2) is 55.4 Å². The van der Waals surface area contributed by atoms with Crippen LogP contribution < -0.4 is 4.74 Å². The van der Waals surface area contributed by atoms with Gasteiger partial charge in [-0.25, -0.2) is 22.2 Å². The van der Waals surface area contributed by atoms with Crippen LogP contribution in [0.25, 0.3) is 0 Å². The lowest BCUT2D eigenvalue weighted by molar-refractivity contribution is -0.163. The van der Waals surface area contributed by atoms with Gasteiger partial charge in [-0.15, -0.1) is 0 Å². The molecule has 1 aromatic heterocycles. The van der Waals surface area contributed by atoms with Gasteiger partial charge in [-0.1, -0.05) is 0 Å². The summed E-state index contributed by atoms with van der Waals surface area (Å²) in [5, 5.41) is 9.11. The molecule has 2 rings (SSSR count). The Bertz CT molecular complexity index is 731. The van der Waals surface area contributed by atoms with Gasteiger partial charge >= 0.3 is 5.97 Å². The lowest BCUT2D eigenvalue weighted by Gasteiger charge is -2.37. The van der Waals surface area contributed by atoms with Gasteiger partial charge in [0.2, 0.25) is 15.9 Å². The molecule has 0 aliphatic carbocycles. The minimum absolute atomic E-state index is 0.0930. The Kier molecular flexibility index (Phi) is 5.09. The van der Waals surface area contributed by atoms with Crippen LogP contribution in [0.1, 0.15) is 18.4 Å². The van der Waals surface area contributed by atoms with Gasteiger partial charge in [0.1, 0.15) is 10.3 Å². The Morgan fingerprint density at radius 3 is 2.46 bits per heavy atom. The van der Waals surface area contributed by atoms with E-state index in [9.17, 15) is 22.0 Å². The number of halogens is 2. The number of aryl methyl sites for hydroxylation is 1. The number of aromatic nitrogens is 1. The van der Waals surface area contributed by atoms with Gasteiger partial charge in [-0.3, -0.25) is 4.79 Å². The minimum atomic E-state index is -4.02. The van der Waals surface area contributed by atoms with E-state index >= 15 is 0 Å². The smallest absolute Gasteiger partial charge is 0.315 e.